The number of benzene rings is 1. The molecule has 1 rings (SSSR count). The summed E-state index contributed by atoms with van der Waals surface area (Å²) in [5.74, 6) is -0.478. The lowest BCUT2D eigenvalue weighted by Crippen LogP contribution is -2.17. The Balaban J connectivity index is 2.94. The molecule has 0 heterocycles. The number of aliphatic hydroxyl groups excluding tert-OH is 1. The highest BCUT2D eigenvalue weighted by Crippen LogP contribution is 2.31. The van der Waals surface area contributed by atoms with Crippen molar-refractivity contribution in [1.29, 1.82) is 0 Å². The number of rotatable bonds is 2. The van der Waals surface area contributed by atoms with Crippen molar-refractivity contribution < 1.29 is 23.0 Å². The Morgan fingerprint density at radius 2 is 2.00 bits per heavy atom. The zero-order valence-corrected chi connectivity index (χ0v) is 8.43. The van der Waals surface area contributed by atoms with Crippen LogP contribution in [0.25, 0.3) is 0 Å². The average Bonchev–Trinajstić information content (AvgIpc) is 2.05. The van der Waals surface area contributed by atoms with Crippen LogP contribution in [-0.2, 0) is 0 Å². The Hall–Kier alpha value is -0.940. The maximum atomic E-state index is 11.9. The SMILES string of the molecule is CC(O)c1ccc(OC(F)(F)F)c(Cl)c1. The van der Waals surface area contributed by atoms with E-state index in [1.165, 1.54) is 19.1 Å². The molecule has 1 unspecified atom stereocenters. The second kappa shape index (κ2) is 4.28. The number of alkyl halides is 3. The van der Waals surface area contributed by atoms with Crippen LogP contribution in [0.2, 0.25) is 5.02 Å². The van der Waals surface area contributed by atoms with E-state index >= 15 is 0 Å². The fourth-order valence-corrected chi connectivity index (χ4v) is 1.21. The summed E-state index contributed by atoms with van der Waals surface area (Å²) in [5.41, 5.74) is 0.425. The molecule has 2 nitrogen and oxygen atoms in total. The molecule has 0 aliphatic heterocycles. The van der Waals surface area contributed by atoms with Gasteiger partial charge in [0.2, 0.25) is 0 Å². The Morgan fingerprint density at radius 3 is 2.40 bits per heavy atom. The van der Waals surface area contributed by atoms with Crippen molar-refractivity contribution in [2.75, 3.05) is 0 Å². The summed E-state index contributed by atoms with van der Waals surface area (Å²) in [6.45, 7) is 1.48. The maximum absolute atomic E-state index is 11.9. The zero-order chi connectivity index (χ0) is 11.6. The van der Waals surface area contributed by atoms with Gasteiger partial charge in [0.1, 0.15) is 5.75 Å². The van der Waals surface area contributed by atoms with E-state index in [4.69, 9.17) is 16.7 Å². The summed E-state index contributed by atoms with van der Waals surface area (Å²) in [4.78, 5) is 0. The molecule has 0 spiro atoms. The van der Waals surface area contributed by atoms with E-state index in [2.05, 4.69) is 4.74 Å². The van der Waals surface area contributed by atoms with Gasteiger partial charge < -0.3 is 9.84 Å². The lowest BCUT2D eigenvalue weighted by atomic mass is 10.1. The quantitative estimate of drug-likeness (QED) is 0.860. The molecule has 0 bridgehead atoms. The molecule has 1 aromatic rings. The Bertz CT molecular complexity index is 350. The van der Waals surface area contributed by atoms with Crippen molar-refractivity contribution in [2.24, 2.45) is 0 Å². The fraction of sp³-hybridized carbons (Fsp3) is 0.333. The third kappa shape index (κ3) is 3.60. The number of hydrogen-bond acceptors (Lipinski definition) is 2. The molecule has 1 N–H and O–H groups in total. The van der Waals surface area contributed by atoms with E-state index in [9.17, 15) is 13.2 Å². The third-order valence-electron chi connectivity index (χ3n) is 1.66. The van der Waals surface area contributed by atoms with Crippen molar-refractivity contribution in [3.8, 4) is 5.75 Å². The molecule has 0 saturated heterocycles. The highest BCUT2D eigenvalue weighted by molar-refractivity contribution is 6.32. The minimum Gasteiger partial charge on any atom is -0.404 e. The number of aliphatic hydroxyl groups is 1. The fourth-order valence-electron chi connectivity index (χ4n) is 0.984. The summed E-state index contributed by atoms with van der Waals surface area (Å²) >= 11 is 5.54. The topological polar surface area (TPSA) is 29.5 Å². The van der Waals surface area contributed by atoms with Crippen molar-refractivity contribution in [3.05, 3.63) is 28.8 Å². The number of hydrogen-bond donors (Lipinski definition) is 1. The van der Waals surface area contributed by atoms with E-state index < -0.39 is 18.2 Å². The Kier molecular flexibility index (Phi) is 3.46. The predicted molar refractivity (Wildman–Crippen MR) is 48.8 cm³/mol. The van der Waals surface area contributed by atoms with E-state index in [0.717, 1.165) is 6.07 Å². The molecule has 0 amide bonds. The minimum atomic E-state index is -4.77. The Labute approximate surface area is 89.2 Å². The molecular formula is C9H8ClF3O2. The van der Waals surface area contributed by atoms with Crippen LogP contribution in [0.5, 0.6) is 5.75 Å². The van der Waals surface area contributed by atoms with Crippen LogP contribution < -0.4 is 4.74 Å². The first-order chi connectivity index (χ1) is 6.79. The highest BCUT2D eigenvalue weighted by Gasteiger charge is 2.32. The second-order valence-electron chi connectivity index (χ2n) is 2.91. The van der Waals surface area contributed by atoms with Crippen molar-refractivity contribution in [3.63, 3.8) is 0 Å². The first kappa shape index (κ1) is 12.1. The van der Waals surface area contributed by atoms with E-state index in [-0.39, 0.29) is 5.02 Å². The average molecular weight is 241 g/mol. The molecule has 0 aliphatic carbocycles. The monoisotopic (exact) mass is 240 g/mol. The molecule has 0 aromatic heterocycles. The van der Waals surface area contributed by atoms with Crippen molar-refractivity contribution in [1.82, 2.24) is 0 Å². The summed E-state index contributed by atoms with van der Waals surface area (Å²) in [5, 5.41) is 8.96. The van der Waals surface area contributed by atoms with Crippen LogP contribution in [0.15, 0.2) is 18.2 Å². The molecule has 0 fully saturated rings. The molecule has 1 atom stereocenters. The van der Waals surface area contributed by atoms with Gasteiger partial charge in [0.05, 0.1) is 11.1 Å². The van der Waals surface area contributed by atoms with E-state index in [0.29, 0.717) is 5.56 Å². The molecular weight excluding hydrogens is 233 g/mol. The summed E-state index contributed by atoms with van der Waals surface area (Å²) in [6, 6.07) is 3.61. The predicted octanol–water partition coefficient (Wildman–Crippen LogP) is 3.29. The van der Waals surface area contributed by atoms with Crippen LogP contribution in [-0.4, -0.2) is 11.5 Å². The first-order valence-corrected chi connectivity index (χ1v) is 4.40. The smallest absolute Gasteiger partial charge is 0.404 e. The summed E-state index contributed by atoms with van der Waals surface area (Å²) in [7, 11) is 0. The van der Waals surface area contributed by atoms with E-state index in [1.54, 1.807) is 0 Å². The largest absolute Gasteiger partial charge is 0.573 e. The number of halogens is 4. The van der Waals surface area contributed by atoms with Gasteiger partial charge in [-0.25, -0.2) is 0 Å². The normalized spacial score (nSPS) is 13.7. The van der Waals surface area contributed by atoms with Gasteiger partial charge in [-0.15, -0.1) is 13.2 Å². The molecule has 6 heteroatoms. The molecule has 0 aliphatic rings. The van der Waals surface area contributed by atoms with E-state index in [1.807, 2.05) is 0 Å². The van der Waals surface area contributed by atoms with Crippen LogP contribution in [0.1, 0.15) is 18.6 Å². The highest BCUT2D eigenvalue weighted by atomic mass is 35.5. The molecule has 0 radical (unpaired) electrons. The third-order valence-corrected chi connectivity index (χ3v) is 1.96. The minimum absolute atomic E-state index is 0.189. The molecule has 84 valence electrons. The van der Waals surface area contributed by atoms with Gasteiger partial charge >= 0.3 is 6.36 Å². The van der Waals surface area contributed by atoms with Crippen LogP contribution in [0.3, 0.4) is 0 Å². The standard InChI is InChI=1S/C9H8ClF3O2/c1-5(14)6-2-3-8(7(10)4-6)15-9(11,12)13/h2-5,14H,1H3. The maximum Gasteiger partial charge on any atom is 0.573 e. The van der Waals surface area contributed by atoms with Crippen LogP contribution in [0, 0.1) is 0 Å². The van der Waals surface area contributed by atoms with Crippen LogP contribution >= 0.6 is 11.6 Å². The van der Waals surface area contributed by atoms with Crippen LogP contribution in [0.4, 0.5) is 13.2 Å². The molecule has 0 saturated carbocycles. The van der Waals surface area contributed by atoms with Gasteiger partial charge in [0.25, 0.3) is 0 Å². The zero-order valence-electron chi connectivity index (χ0n) is 7.68. The van der Waals surface area contributed by atoms with Gasteiger partial charge in [-0.3, -0.25) is 0 Å². The Morgan fingerprint density at radius 1 is 1.40 bits per heavy atom. The number of ether oxygens (including phenoxy) is 1. The lowest BCUT2D eigenvalue weighted by Gasteiger charge is -2.12. The van der Waals surface area contributed by atoms with Crippen molar-refractivity contribution in [2.45, 2.75) is 19.4 Å². The van der Waals surface area contributed by atoms with Gasteiger partial charge in [0, 0.05) is 0 Å². The second-order valence-corrected chi connectivity index (χ2v) is 3.32. The summed E-state index contributed by atoms with van der Waals surface area (Å²) < 4.78 is 39.2. The molecule has 15 heavy (non-hydrogen) atoms. The summed E-state index contributed by atoms with van der Waals surface area (Å²) in [6.07, 6.45) is -5.56. The van der Waals surface area contributed by atoms with Gasteiger partial charge in [-0.05, 0) is 24.6 Å². The van der Waals surface area contributed by atoms with Gasteiger partial charge in [0.15, 0.2) is 0 Å². The van der Waals surface area contributed by atoms with Gasteiger partial charge in [-0.1, -0.05) is 17.7 Å². The van der Waals surface area contributed by atoms with Gasteiger partial charge in [-0.2, -0.15) is 0 Å². The molecule has 1 aromatic carbocycles. The first-order valence-electron chi connectivity index (χ1n) is 4.03. The van der Waals surface area contributed by atoms with Crippen molar-refractivity contribution >= 4 is 11.6 Å². The lowest BCUT2D eigenvalue weighted by molar-refractivity contribution is -0.274.